The molecule has 1 atom stereocenters. The average Bonchev–Trinajstić information content (AvgIpc) is 3.03. The smallest absolute Gasteiger partial charge is 0.279 e. The first-order chi connectivity index (χ1) is 13.1. The van der Waals surface area contributed by atoms with E-state index in [1.54, 1.807) is 17.0 Å². The van der Waals surface area contributed by atoms with Crippen molar-refractivity contribution in [2.45, 2.75) is 25.9 Å². The second kappa shape index (κ2) is 7.37. The van der Waals surface area contributed by atoms with E-state index in [1.165, 1.54) is 5.56 Å². The lowest BCUT2D eigenvalue weighted by atomic mass is 10.1. The van der Waals surface area contributed by atoms with Gasteiger partial charge in [0.1, 0.15) is 5.82 Å². The Morgan fingerprint density at radius 2 is 1.89 bits per heavy atom. The Labute approximate surface area is 163 Å². The summed E-state index contributed by atoms with van der Waals surface area (Å²) < 4.78 is 0. The quantitative estimate of drug-likeness (QED) is 0.734. The van der Waals surface area contributed by atoms with Crippen LogP contribution in [0.15, 0.2) is 60.7 Å². The molecule has 136 valence electrons. The lowest BCUT2D eigenvalue weighted by Crippen LogP contribution is -2.36. The Morgan fingerprint density at radius 1 is 1.11 bits per heavy atom. The predicted molar refractivity (Wildman–Crippen MR) is 107 cm³/mol. The number of nitrogens with zero attached hydrogens (tertiary/aromatic N) is 3. The van der Waals surface area contributed by atoms with E-state index in [9.17, 15) is 4.79 Å². The molecular weight excluding hydrogens is 360 g/mol. The van der Waals surface area contributed by atoms with Crippen molar-refractivity contribution in [3.8, 4) is 0 Å². The fourth-order valence-electron chi connectivity index (χ4n) is 3.33. The molecule has 27 heavy (non-hydrogen) atoms. The number of benzene rings is 2. The number of nitrogens with one attached hydrogen (secondary N) is 1. The molecule has 0 fully saturated rings. The van der Waals surface area contributed by atoms with E-state index >= 15 is 0 Å². The molecule has 0 spiro atoms. The van der Waals surface area contributed by atoms with Crippen LogP contribution in [0.1, 0.15) is 28.5 Å². The number of hydrogen-bond acceptors (Lipinski definition) is 4. The van der Waals surface area contributed by atoms with Crippen LogP contribution in [0.2, 0.25) is 5.02 Å². The fraction of sp³-hybridized carbons (Fsp3) is 0.190. The maximum Gasteiger partial charge on any atom is 0.279 e. The topological polar surface area (TPSA) is 58.1 Å². The molecule has 4 rings (SSSR count). The second-order valence-electron chi connectivity index (χ2n) is 6.64. The first-order valence-corrected chi connectivity index (χ1v) is 9.23. The molecular formula is C21H19ClN4O. The van der Waals surface area contributed by atoms with E-state index in [-0.39, 0.29) is 11.9 Å². The molecule has 1 aliphatic rings. The highest BCUT2D eigenvalue weighted by Crippen LogP contribution is 2.32. The number of carbonyl (C=O) groups is 1. The third-order valence-electron chi connectivity index (χ3n) is 4.70. The molecule has 2 aromatic carbocycles. The van der Waals surface area contributed by atoms with Crippen LogP contribution in [0.5, 0.6) is 0 Å². The molecule has 1 aromatic heterocycles. The van der Waals surface area contributed by atoms with Gasteiger partial charge in [0.05, 0.1) is 0 Å². The molecule has 1 amide bonds. The van der Waals surface area contributed by atoms with Gasteiger partial charge >= 0.3 is 0 Å². The Balaban J connectivity index is 1.46. The number of hydrogen-bond donors (Lipinski definition) is 1. The summed E-state index contributed by atoms with van der Waals surface area (Å²) in [6.07, 6.45) is 0.857. The van der Waals surface area contributed by atoms with Gasteiger partial charge in [-0.3, -0.25) is 4.79 Å². The third-order valence-corrected chi connectivity index (χ3v) is 4.95. The van der Waals surface area contributed by atoms with E-state index in [0.29, 0.717) is 23.1 Å². The van der Waals surface area contributed by atoms with Crippen molar-refractivity contribution in [1.82, 2.24) is 10.2 Å². The van der Waals surface area contributed by atoms with Crippen LogP contribution in [0.25, 0.3) is 0 Å². The van der Waals surface area contributed by atoms with Gasteiger partial charge in [0.15, 0.2) is 5.69 Å². The normalized spacial score (nSPS) is 15.5. The lowest BCUT2D eigenvalue weighted by Gasteiger charge is -2.22. The van der Waals surface area contributed by atoms with Gasteiger partial charge in [-0.15, -0.1) is 10.2 Å². The number of rotatable bonds is 4. The van der Waals surface area contributed by atoms with E-state index < -0.39 is 0 Å². The van der Waals surface area contributed by atoms with Crippen molar-refractivity contribution >= 4 is 29.0 Å². The summed E-state index contributed by atoms with van der Waals surface area (Å²) in [4.78, 5) is 14.7. The maximum absolute atomic E-state index is 12.9. The Bertz CT molecular complexity index is 957. The van der Waals surface area contributed by atoms with Crippen LogP contribution in [0.4, 0.5) is 11.5 Å². The number of halogens is 1. The monoisotopic (exact) mass is 378 g/mol. The molecule has 0 aliphatic carbocycles. The largest absolute Gasteiger partial charge is 0.365 e. The summed E-state index contributed by atoms with van der Waals surface area (Å²) in [6.45, 7) is 2.66. The highest BCUT2D eigenvalue weighted by molar-refractivity contribution is 6.30. The summed E-state index contributed by atoms with van der Waals surface area (Å²) in [5.41, 5.74) is 3.58. The minimum absolute atomic E-state index is 0.111. The molecule has 1 aliphatic heterocycles. The molecule has 3 aromatic rings. The highest BCUT2D eigenvalue weighted by atomic mass is 35.5. The first kappa shape index (κ1) is 17.5. The van der Waals surface area contributed by atoms with Crippen LogP contribution in [-0.2, 0) is 13.0 Å². The van der Waals surface area contributed by atoms with Crippen LogP contribution in [-0.4, -0.2) is 22.1 Å². The zero-order valence-electron chi connectivity index (χ0n) is 14.9. The molecule has 5 nitrogen and oxygen atoms in total. The molecule has 2 heterocycles. The number of aromatic nitrogens is 2. The van der Waals surface area contributed by atoms with E-state index in [1.807, 2.05) is 49.4 Å². The molecule has 0 saturated carbocycles. The second-order valence-corrected chi connectivity index (χ2v) is 7.08. The molecule has 0 radical (unpaired) electrons. The van der Waals surface area contributed by atoms with Crippen molar-refractivity contribution in [2.24, 2.45) is 0 Å². The van der Waals surface area contributed by atoms with Crippen molar-refractivity contribution in [1.29, 1.82) is 0 Å². The first-order valence-electron chi connectivity index (χ1n) is 8.85. The molecule has 0 saturated heterocycles. The molecule has 6 heteroatoms. The zero-order valence-corrected chi connectivity index (χ0v) is 15.6. The van der Waals surface area contributed by atoms with Crippen LogP contribution >= 0.6 is 11.6 Å². The fourth-order valence-corrected chi connectivity index (χ4v) is 3.46. The van der Waals surface area contributed by atoms with Crippen molar-refractivity contribution < 1.29 is 4.79 Å². The van der Waals surface area contributed by atoms with Crippen molar-refractivity contribution in [2.75, 3.05) is 10.2 Å². The summed E-state index contributed by atoms with van der Waals surface area (Å²) in [6, 6.07) is 19.2. The van der Waals surface area contributed by atoms with Crippen LogP contribution in [0, 0.1) is 0 Å². The molecule has 0 bridgehead atoms. The van der Waals surface area contributed by atoms with Gasteiger partial charge < -0.3 is 10.2 Å². The molecule has 1 unspecified atom stereocenters. The van der Waals surface area contributed by atoms with Gasteiger partial charge in [-0.05, 0) is 54.8 Å². The Kier molecular flexibility index (Phi) is 4.77. The van der Waals surface area contributed by atoms with Gasteiger partial charge in [-0.1, -0.05) is 41.9 Å². The SMILES string of the molecule is CC1Cc2ccccc2N1C(=O)c1ccc(NCc2ccc(Cl)cc2)nn1. The molecule has 1 N–H and O–H groups in total. The van der Waals surface area contributed by atoms with Crippen molar-refractivity contribution in [3.63, 3.8) is 0 Å². The van der Waals surface area contributed by atoms with E-state index in [2.05, 4.69) is 21.6 Å². The van der Waals surface area contributed by atoms with Gasteiger partial charge in [-0.25, -0.2) is 0 Å². The zero-order chi connectivity index (χ0) is 18.8. The summed E-state index contributed by atoms with van der Waals surface area (Å²) in [7, 11) is 0. The van der Waals surface area contributed by atoms with Gasteiger partial charge in [0, 0.05) is 23.3 Å². The minimum Gasteiger partial charge on any atom is -0.365 e. The maximum atomic E-state index is 12.9. The van der Waals surface area contributed by atoms with E-state index in [0.717, 1.165) is 17.7 Å². The average molecular weight is 379 g/mol. The predicted octanol–water partition coefficient (Wildman–Crippen LogP) is 4.33. The van der Waals surface area contributed by atoms with Crippen LogP contribution < -0.4 is 10.2 Å². The van der Waals surface area contributed by atoms with Crippen LogP contribution in [0.3, 0.4) is 0 Å². The van der Waals surface area contributed by atoms with Crippen molar-refractivity contribution in [3.05, 3.63) is 82.5 Å². The lowest BCUT2D eigenvalue weighted by molar-refractivity contribution is 0.0975. The van der Waals surface area contributed by atoms with Gasteiger partial charge in [-0.2, -0.15) is 0 Å². The Morgan fingerprint density at radius 3 is 2.63 bits per heavy atom. The number of anilines is 2. The summed E-state index contributed by atoms with van der Waals surface area (Å²) >= 11 is 5.89. The highest BCUT2D eigenvalue weighted by Gasteiger charge is 2.31. The summed E-state index contributed by atoms with van der Waals surface area (Å²) in [5.74, 6) is 0.501. The standard InChI is InChI=1S/C21H19ClN4O/c1-14-12-16-4-2-3-5-19(16)26(14)21(27)18-10-11-20(25-24-18)23-13-15-6-8-17(22)9-7-15/h2-11,14H,12-13H2,1H3,(H,23,25). The summed E-state index contributed by atoms with van der Waals surface area (Å²) in [5, 5.41) is 12.2. The van der Waals surface area contributed by atoms with E-state index in [4.69, 9.17) is 11.6 Å². The number of para-hydroxylation sites is 1. The number of carbonyl (C=O) groups excluding carboxylic acids is 1. The Hall–Kier alpha value is -2.92. The third kappa shape index (κ3) is 3.64. The van der Waals surface area contributed by atoms with Gasteiger partial charge in [0.2, 0.25) is 0 Å². The minimum atomic E-state index is -0.121. The van der Waals surface area contributed by atoms with Gasteiger partial charge in [0.25, 0.3) is 5.91 Å². The number of amides is 1. The number of fused-ring (bicyclic) bond motifs is 1.